The number of fused-ring (bicyclic) bond motifs is 2. The number of amides is 2. The summed E-state index contributed by atoms with van der Waals surface area (Å²) in [6.07, 6.45) is 0.999. The number of hydrogen-bond donors (Lipinski definition) is 1. The Morgan fingerprint density at radius 3 is 2.63 bits per heavy atom. The smallest absolute Gasteiger partial charge is 0.269 e. The predicted octanol–water partition coefficient (Wildman–Crippen LogP) is 3.03. The molecule has 2 aromatic rings. The van der Waals surface area contributed by atoms with Gasteiger partial charge in [0, 0.05) is 24.9 Å². The molecule has 1 atom stereocenters. The first-order valence-electron chi connectivity index (χ1n) is 9.92. The van der Waals surface area contributed by atoms with Gasteiger partial charge in [0.2, 0.25) is 5.91 Å². The highest BCUT2D eigenvalue weighted by atomic mass is 32.2. The zero-order valence-corrected chi connectivity index (χ0v) is 17.7. The van der Waals surface area contributed by atoms with Crippen LogP contribution in [-0.4, -0.2) is 36.7 Å². The van der Waals surface area contributed by atoms with E-state index in [0.29, 0.717) is 6.42 Å². The summed E-state index contributed by atoms with van der Waals surface area (Å²) >= 11 is 0. The van der Waals surface area contributed by atoms with Crippen molar-refractivity contribution in [3.8, 4) is 5.75 Å². The molecule has 0 aliphatic carbocycles. The van der Waals surface area contributed by atoms with E-state index in [9.17, 15) is 18.0 Å². The minimum atomic E-state index is -3.84. The Hall–Kier alpha value is -2.87. The number of carbonyl (C=O) groups excluding carboxylic acids is 2. The van der Waals surface area contributed by atoms with Crippen LogP contribution in [0.5, 0.6) is 5.75 Å². The number of rotatable bonds is 5. The lowest BCUT2D eigenvalue weighted by molar-refractivity contribution is -0.122. The topological polar surface area (TPSA) is 92.8 Å². The zero-order valence-electron chi connectivity index (χ0n) is 16.9. The standard InChI is InChI=1S/C22H24N2O5S/c1-22(2)14-17(15-8-3-5-10-18(15)29-22)23-20(25)12-7-13-24-21(26)16-9-4-6-11-19(16)30(24,27)28/h3-6,8-11,17H,7,12-14H2,1-2H3,(H,23,25). The third-order valence-electron chi connectivity index (χ3n) is 5.39. The van der Waals surface area contributed by atoms with Crippen molar-refractivity contribution in [2.24, 2.45) is 0 Å². The van der Waals surface area contributed by atoms with Crippen molar-refractivity contribution in [1.29, 1.82) is 0 Å². The molecule has 0 radical (unpaired) electrons. The van der Waals surface area contributed by atoms with Gasteiger partial charge in [0.05, 0.1) is 11.6 Å². The molecule has 8 heteroatoms. The van der Waals surface area contributed by atoms with E-state index >= 15 is 0 Å². The second-order valence-corrected chi connectivity index (χ2v) is 10.0. The third kappa shape index (κ3) is 3.67. The monoisotopic (exact) mass is 428 g/mol. The fourth-order valence-corrected chi connectivity index (χ4v) is 5.64. The average Bonchev–Trinajstić information content (AvgIpc) is 2.88. The largest absolute Gasteiger partial charge is 0.487 e. The maximum Gasteiger partial charge on any atom is 0.269 e. The number of carbonyl (C=O) groups is 2. The van der Waals surface area contributed by atoms with Crippen LogP contribution >= 0.6 is 0 Å². The normalized spacial score (nSPS) is 20.8. The molecular formula is C22H24N2O5S. The number of ether oxygens (including phenoxy) is 1. The molecule has 1 unspecified atom stereocenters. The highest BCUT2D eigenvalue weighted by Crippen LogP contribution is 2.39. The van der Waals surface area contributed by atoms with Crippen molar-refractivity contribution in [1.82, 2.24) is 9.62 Å². The van der Waals surface area contributed by atoms with E-state index in [1.807, 2.05) is 38.1 Å². The van der Waals surface area contributed by atoms with Crippen LogP contribution in [0.1, 0.15) is 55.1 Å². The minimum Gasteiger partial charge on any atom is -0.487 e. The first-order valence-corrected chi connectivity index (χ1v) is 11.4. The Bertz CT molecular complexity index is 1110. The summed E-state index contributed by atoms with van der Waals surface area (Å²) in [6.45, 7) is 3.92. The molecule has 4 rings (SSSR count). The zero-order chi connectivity index (χ0) is 21.5. The van der Waals surface area contributed by atoms with Gasteiger partial charge in [-0.15, -0.1) is 0 Å². The van der Waals surface area contributed by atoms with Crippen molar-refractivity contribution in [2.45, 2.75) is 49.6 Å². The van der Waals surface area contributed by atoms with Crippen molar-refractivity contribution in [3.05, 3.63) is 59.7 Å². The maximum absolute atomic E-state index is 12.6. The van der Waals surface area contributed by atoms with E-state index in [1.165, 1.54) is 12.1 Å². The summed E-state index contributed by atoms with van der Waals surface area (Å²) in [4.78, 5) is 25.0. The van der Waals surface area contributed by atoms with Gasteiger partial charge in [-0.25, -0.2) is 12.7 Å². The molecule has 0 spiro atoms. The summed E-state index contributed by atoms with van der Waals surface area (Å²) in [5.74, 6) is 0.0331. The van der Waals surface area contributed by atoms with E-state index in [1.54, 1.807) is 12.1 Å². The Morgan fingerprint density at radius 1 is 1.17 bits per heavy atom. The lowest BCUT2D eigenvalue weighted by atomic mass is 9.89. The van der Waals surface area contributed by atoms with E-state index in [4.69, 9.17) is 4.74 Å². The Labute approximate surface area is 176 Å². The van der Waals surface area contributed by atoms with Gasteiger partial charge in [0.15, 0.2) is 0 Å². The van der Waals surface area contributed by atoms with Gasteiger partial charge in [0.1, 0.15) is 16.2 Å². The molecule has 0 fully saturated rings. The lowest BCUT2D eigenvalue weighted by Gasteiger charge is -2.37. The quantitative estimate of drug-likeness (QED) is 0.790. The molecule has 0 bridgehead atoms. The first-order chi connectivity index (χ1) is 14.2. The molecule has 2 aromatic carbocycles. The summed E-state index contributed by atoms with van der Waals surface area (Å²) in [5, 5.41) is 3.03. The molecular weight excluding hydrogens is 404 g/mol. The predicted molar refractivity (Wildman–Crippen MR) is 111 cm³/mol. The Morgan fingerprint density at radius 2 is 1.87 bits per heavy atom. The molecule has 0 aromatic heterocycles. The van der Waals surface area contributed by atoms with E-state index in [-0.39, 0.29) is 41.8 Å². The molecule has 30 heavy (non-hydrogen) atoms. The van der Waals surface area contributed by atoms with E-state index < -0.39 is 21.5 Å². The number of hydrogen-bond acceptors (Lipinski definition) is 5. The van der Waals surface area contributed by atoms with Gasteiger partial charge in [-0.3, -0.25) is 9.59 Å². The average molecular weight is 429 g/mol. The highest BCUT2D eigenvalue weighted by molar-refractivity contribution is 7.90. The van der Waals surface area contributed by atoms with Crippen LogP contribution in [0.3, 0.4) is 0 Å². The van der Waals surface area contributed by atoms with Gasteiger partial charge in [-0.2, -0.15) is 0 Å². The summed E-state index contributed by atoms with van der Waals surface area (Å²) in [5.41, 5.74) is 0.703. The summed E-state index contributed by atoms with van der Waals surface area (Å²) in [7, 11) is -3.84. The molecule has 0 saturated heterocycles. The highest BCUT2D eigenvalue weighted by Gasteiger charge is 2.40. The molecule has 2 aliphatic heterocycles. The SMILES string of the molecule is CC1(C)CC(NC(=O)CCCN2C(=O)c3ccccc3S2(=O)=O)c2ccccc2O1. The van der Waals surface area contributed by atoms with Crippen LogP contribution in [0.25, 0.3) is 0 Å². The number of sulfonamides is 1. The molecule has 1 N–H and O–H groups in total. The van der Waals surface area contributed by atoms with Crippen LogP contribution < -0.4 is 10.1 Å². The second-order valence-electron chi connectivity index (χ2n) is 8.21. The maximum atomic E-state index is 12.6. The fraction of sp³-hybridized carbons (Fsp3) is 0.364. The van der Waals surface area contributed by atoms with Crippen molar-refractivity contribution >= 4 is 21.8 Å². The summed E-state index contributed by atoms with van der Waals surface area (Å²) in [6, 6.07) is 13.6. The number of benzene rings is 2. The van der Waals surface area contributed by atoms with Crippen molar-refractivity contribution < 1.29 is 22.7 Å². The lowest BCUT2D eigenvalue weighted by Crippen LogP contribution is -2.41. The first kappa shape index (κ1) is 20.4. The number of para-hydroxylation sites is 1. The molecule has 2 amide bonds. The van der Waals surface area contributed by atoms with Crippen LogP contribution in [0.4, 0.5) is 0 Å². The Balaban J connectivity index is 1.38. The minimum absolute atomic E-state index is 0.0282. The van der Waals surface area contributed by atoms with Crippen LogP contribution in [0.15, 0.2) is 53.4 Å². The van der Waals surface area contributed by atoms with Gasteiger partial charge in [0.25, 0.3) is 15.9 Å². The number of nitrogens with zero attached hydrogens (tertiary/aromatic N) is 1. The van der Waals surface area contributed by atoms with Crippen LogP contribution in [0, 0.1) is 0 Å². The molecule has 2 heterocycles. The van der Waals surface area contributed by atoms with Gasteiger partial charge >= 0.3 is 0 Å². The van der Waals surface area contributed by atoms with Gasteiger partial charge in [-0.05, 0) is 38.5 Å². The van der Waals surface area contributed by atoms with Gasteiger partial charge in [-0.1, -0.05) is 30.3 Å². The van der Waals surface area contributed by atoms with Crippen LogP contribution in [-0.2, 0) is 14.8 Å². The Kier molecular flexibility index (Phi) is 5.05. The van der Waals surface area contributed by atoms with E-state index in [0.717, 1.165) is 15.6 Å². The molecule has 2 aliphatic rings. The number of nitrogens with one attached hydrogen (secondary N) is 1. The molecule has 7 nitrogen and oxygen atoms in total. The van der Waals surface area contributed by atoms with Crippen molar-refractivity contribution in [2.75, 3.05) is 6.54 Å². The van der Waals surface area contributed by atoms with E-state index in [2.05, 4.69) is 5.32 Å². The molecule has 0 saturated carbocycles. The van der Waals surface area contributed by atoms with Crippen LogP contribution in [0.2, 0.25) is 0 Å². The summed E-state index contributed by atoms with van der Waals surface area (Å²) < 4.78 is 32.0. The molecule has 158 valence electrons. The third-order valence-corrected chi connectivity index (χ3v) is 7.23. The second kappa shape index (κ2) is 7.43. The van der Waals surface area contributed by atoms with Crippen molar-refractivity contribution in [3.63, 3.8) is 0 Å². The fourth-order valence-electron chi connectivity index (χ4n) is 4.03. The van der Waals surface area contributed by atoms with Gasteiger partial charge < -0.3 is 10.1 Å².